The number of hydrogen-bond acceptors (Lipinski definition) is 2. The van der Waals surface area contributed by atoms with Crippen molar-refractivity contribution >= 4 is 16.7 Å². The molecule has 0 aliphatic heterocycles. The molecule has 2 aromatic heterocycles. The first-order valence-corrected chi connectivity index (χ1v) is 5.40. The van der Waals surface area contributed by atoms with Crippen molar-refractivity contribution in [2.24, 2.45) is 0 Å². The SMILES string of the molecule is CCOc1[nH]n2c(nc3ccccc32)c1C. The molecule has 0 aliphatic carbocycles. The van der Waals surface area contributed by atoms with E-state index in [1.165, 1.54) is 0 Å². The molecule has 16 heavy (non-hydrogen) atoms. The molecule has 4 heteroatoms. The number of nitrogens with zero attached hydrogens (tertiary/aromatic N) is 2. The minimum absolute atomic E-state index is 0.655. The fourth-order valence-corrected chi connectivity index (χ4v) is 1.96. The van der Waals surface area contributed by atoms with E-state index < -0.39 is 0 Å². The third kappa shape index (κ3) is 1.13. The van der Waals surface area contributed by atoms with Crippen molar-refractivity contribution in [1.29, 1.82) is 0 Å². The Hall–Kier alpha value is -1.97. The molecule has 3 rings (SSSR count). The second-order valence-corrected chi connectivity index (χ2v) is 3.76. The highest BCUT2D eigenvalue weighted by Gasteiger charge is 2.12. The molecule has 0 radical (unpaired) electrons. The van der Waals surface area contributed by atoms with Gasteiger partial charge >= 0.3 is 0 Å². The van der Waals surface area contributed by atoms with E-state index in [1.807, 2.05) is 42.6 Å². The van der Waals surface area contributed by atoms with Crippen molar-refractivity contribution in [3.63, 3.8) is 0 Å². The van der Waals surface area contributed by atoms with E-state index in [4.69, 9.17) is 4.74 Å². The van der Waals surface area contributed by atoms with Crippen LogP contribution >= 0.6 is 0 Å². The van der Waals surface area contributed by atoms with E-state index in [0.29, 0.717) is 6.61 Å². The van der Waals surface area contributed by atoms with Crippen molar-refractivity contribution in [3.05, 3.63) is 29.8 Å². The number of hydrogen-bond donors (Lipinski definition) is 1. The van der Waals surface area contributed by atoms with Crippen LogP contribution in [0.4, 0.5) is 0 Å². The number of fused-ring (bicyclic) bond motifs is 3. The van der Waals surface area contributed by atoms with Crippen LogP contribution in [0.15, 0.2) is 24.3 Å². The highest BCUT2D eigenvalue weighted by molar-refractivity contribution is 5.81. The van der Waals surface area contributed by atoms with Gasteiger partial charge in [0.1, 0.15) is 0 Å². The number of aryl methyl sites for hydroxylation is 1. The van der Waals surface area contributed by atoms with Crippen LogP contribution in [-0.4, -0.2) is 21.2 Å². The summed E-state index contributed by atoms with van der Waals surface area (Å²) in [7, 11) is 0. The molecule has 1 N–H and O–H groups in total. The molecule has 82 valence electrons. The lowest BCUT2D eigenvalue weighted by Gasteiger charge is -1.99. The Labute approximate surface area is 92.8 Å². The van der Waals surface area contributed by atoms with Crippen molar-refractivity contribution in [2.45, 2.75) is 13.8 Å². The molecule has 0 aliphatic rings. The summed E-state index contributed by atoms with van der Waals surface area (Å²) >= 11 is 0. The summed E-state index contributed by atoms with van der Waals surface area (Å²) in [6.07, 6.45) is 0. The monoisotopic (exact) mass is 215 g/mol. The van der Waals surface area contributed by atoms with Crippen molar-refractivity contribution in [1.82, 2.24) is 14.6 Å². The highest BCUT2D eigenvalue weighted by atomic mass is 16.5. The van der Waals surface area contributed by atoms with Gasteiger partial charge in [0.05, 0.1) is 23.2 Å². The number of H-pyrrole nitrogens is 1. The molecule has 1 aromatic carbocycles. The van der Waals surface area contributed by atoms with Crippen LogP contribution < -0.4 is 4.74 Å². The molecule has 0 bridgehead atoms. The fourth-order valence-electron chi connectivity index (χ4n) is 1.96. The quantitative estimate of drug-likeness (QED) is 0.713. The maximum atomic E-state index is 5.51. The van der Waals surface area contributed by atoms with Gasteiger partial charge in [0.2, 0.25) is 5.88 Å². The van der Waals surface area contributed by atoms with Crippen LogP contribution in [0.1, 0.15) is 12.5 Å². The number of nitrogens with one attached hydrogen (secondary N) is 1. The second kappa shape index (κ2) is 3.27. The topological polar surface area (TPSA) is 42.3 Å². The van der Waals surface area contributed by atoms with Gasteiger partial charge in [0, 0.05) is 0 Å². The van der Waals surface area contributed by atoms with Crippen LogP contribution in [-0.2, 0) is 0 Å². The summed E-state index contributed by atoms with van der Waals surface area (Å²) < 4.78 is 7.48. The fraction of sp³-hybridized carbons (Fsp3) is 0.250. The standard InChI is InChI=1S/C12H13N3O/c1-3-16-12-8(2)11-13-9-6-4-5-7-10(9)15(11)14-12/h4-7,14H,3H2,1-2H3. The Morgan fingerprint density at radius 1 is 1.38 bits per heavy atom. The molecule has 4 nitrogen and oxygen atoms in total. The van der Waals surface area contributed by atoms with Crippen LogP contribution in [0.25, 0.3) is 16.7 Å². The van der Waals surface area contributed by atoms with Gasteiger partial charge in [0.25, 0.3) is 0 Å². The van der Waals surface area contributed by atoms with Crippen molar-refractivity contribution in [3.8, 4) is 5.88 Å². The highest BCUT2D eigenvalue weighted by Crippen LogP contribution is 2.24. The third-order valence-corrected chi connectivity index (χ3v) is 2.74. The number of ether oxygens (including phenoxy) is 1. The number of imidazole rings is 1. The van der Waals surface area contributed by atoms with Gasteiger partial charge in [-0.05, 0) is 26.0 Å². The largest absolute Gasteiger partial charge is 0.478 e. The van der Waals surface area contributed by atoms with Gasteiger partial charge in [-0.15, -0.1) is 0 Å². The molecule has 2 heterocycles. The lowest BCUT2D eigenvalue weighted by atomic mass is 10.3. The number of benzene rings is 1. The van der Waals surface area contributed by atoms with Gasteiger partial charge in [-0.3, -0.25) is 5.10 Å². The number of aromatic amines is 1. The minimum Gasteiger partial charge on any atom is -0.478 e. The van der Waals surface area contributed by atoms with Gasteiger partial charge in [-0.1, -0.05) is 12.1 Å². The molecule has 3 aromatic rings. The van der Waals surface area contributed by atoms with Crippen molar-refractivity contribution < 1.29 is 4.74 Å². The first-order chi connectivity index (χ1) is 7.81. The van der Waals surface area contributed by atoms with Crippen LogP contribution in [0.5, 0.6) is 5.88 Å². The molecule has 0 saturated heterocycles. The minimum atomic E-state index is 0.655. The number of rotatable bonds is 2. The van der Waals surface area contributed by atoms with Crippen LogP contribution in [0.2, 0.25) is 0 Å². The Kier molecular flexibility index (Phi) is 1.89. The second-order valence-electron chi connectivity index (χ2n) is 3.76. The Morgan fingerprint density at radius 3 is 3.00 bits per heavy atom. The van der Waals surface area contributed by atoms with Gasteiger partial charge in [-0.2, -0.15) is 0 Å². The molecule has 0 unspecified atom stereocenters. The summed E-state index contributed by atoms with van der Waals surface area (Å²) in [5.41, 5.74) is 4.06. The summed E-state index contributed by atoms with van der Waals surface area (Å²) in [5.74, 6) is 0.802. The Morgan fingerprint density at radius 2 is 2.19 bits per heavy atom. The van der Waals surface area contributed by atoms with Gasteiger partial charge in [0.15, 0.2) is 5.65 Å². The number of para-hydroxylation sites is 2. The zero-order valence-electron chi connectivity index (χ0n) is 9.32. The van der Waals surface area contributed by atoms with E-state index in [1.54, 1.807) is 0 Å². The lowest BCUT2D eigenvalue weighted by Crippen LogP contribution is -1.93. The van der Waals surface area contributed by atoms with Crippen molar-refractivity contribution in [2.75, 3.05) is 6.61 Å². The molecule has 0 amide bonds. The predicted molar refractivity (Wildman–Crippen MR) is 63.0 cm³/mol. The predicted octanol–water partition coefficient (Wildman–Crippen LogP) is 2.52. The zero-order valence-corrected chi connectivity index (χ0v) is 9.32. The van der Waals surface area contributed by atoms with E-state index >= 15 is 0 Å². The molecule has 0 saturated carbocycles. The first-order valence-electron chi connectivity index (χ1n) is 5.40. The average Bonchev–Trinajstić information content (AvgIpc) is 2.79. The molecule has 0 atom stereocenters. The summed E-state index contributed by atoms with van der Waals surface area (Å²) in [6.45, 7) is 4.65. The van der Waals surface area contributed by atoms with E-state index in [0.717, 1.165) is 28.1 Å². The maximum absolute atomic E-state index is 5.51. The Balaban J connectivity index is 2.35. The lowest BCUT2D eigenvalue weighted by molar-refractivity contribution is 0.323. The first kappa shape index (κ1) is 9.27. The van der Waals surface area contributed by atoms with E-state index in [2.05, 4.69) is 10.1 Å². The summed E-state index contributed by atoms with van der Waals surface area (Å²) in [4.78, 5) is 4.57. The number of aromatic nitrogens is 3. The van der Waals surface area contributed by atoms with Crippen LogP contribution in [0.3, 0.4) is 0 Å². The van der Waals surface area contributed by atoms with E-state index in [9.17, 15) is 0 Å². The molecular weight excluding hydrogens is 202 g/mol. The zero-order chi connectivity index (χ0) is 11.1. The van der Waals surface area contributed by atoms with Crippen LogP contribution in [0, 0.1) is 6.92 Å². The average molecular weight is 215 g/mol. The summed E-state index contributed by atoms with van der Waals surface area (Å²) in [5, 5.41) is 3.22. The van der Waals surface area contributed by atoms with E-state index in [-0.39, 0.29) is 0 Å². The summed E-state index contributed by atoms with van der Waals surface area (Å²) in [6, 6.07) is 8.05. The smallest absolute Gasteiger partial charge is 0.213 e. The maximum Gasteiger partial charge on any atom is 0.213 e. The molecule has 0 spiro atoms. The van der Waals surface area contributed by atoms with Gasteiger partial charge < -0.3 is 4.74 Å². The van der Waals surface area contributed by atoms with Gasteiger partial charge in [-0.25, -0.2) is 9.50 Å². The third-order valence-electron chi connectivity index (χ3n) is 2.74. The molecule has 0 fully saturated rings. The normalized spacial score (nSPS) is 11.4. The Bertz CT molecular complexity index is 651. The molecular formula is C12H13N3O.